The van der Waals surface area contributed by atoms with Crippen LogP contribution in [0.2, 0.25) is 0 Å². The summed E-state index contributed by atoms with van der Waals surface area (Å²) in [6, 6.07) is 2.23. The van der Waals surface area contributed by atoms with Crippen LogP contribution in [0.3, 0.4) is 0 Å². The van der Waals surface area contributed by atoms with Crippen molar-refractivity contribution in [2.75, 3.05) is 6.54 Å². The van der Waals surface area contributed by atoms with Gasteiger partial charge in [0.15, 0.2) is 0 Å². The average Bonchev–Trinajstić information content (AvgIpc) is 2.52. The standard InChI is InChI=1S/C16H28BrNS/c1-12-11-13(17)14(19-12)7-8-16(5,6)9-10-18-15(2,3)4/h11,18H,7-10H2,1-6H3. The van der Waals surface area contributed by atoms with Crippen LogP contribution in [-0.2, 0) is 6.42 Å². The Hall–Kier alpha value is 0.140. The molecule has 0 unspecified atom stereocenters. The summed E-state index contributed by atoms with van der Waals surface area (Å²) in [4.78, 5) is 2.89. The Morgan fingerprint density at radius 3 is 2.26 bits per heavy atom. The van der Waals surface area contributed by atoms with Crippen LogP contribution in [0.1, 0.15) is 57.2 Å². The van der Waals surface area contributed by atoms with Crippen molar-refractivity contribution in [2.24, 2.45) is 5.41 Å². The van der Waals surface area contributed by atoms with Gasteiger partial charge in [-0.15, -0.1) is 11.3 Å². The lowest BCUT2D eigenvalue weighted by atomic mass is 9.84. The van der Waals surface area contributed by atoms with E-state index in [9.17, 15) is 0 Å². The van der Waals surface area contributed by atoms with E-state index in [0.29, 0.717) is 5.41 Å². The Kier molecular flexibility index (Phi) is 6.09. The van der Waals surface area contributed by atoms with Gasteiger partial charge in [0.1, 0.15) is 0 Å². The molecule has 1 heterocycles. The Morgan fingerprint density at radius 2 is 1.79 bits per heavy atom. The fourth-order valence-electron chi connectivity index (χ4n) is 2.05. The highest BCUT2D eigenvalue weighted by molar-refractivity contribution is 9.10. The van der Waals surface area contributed by atoms with Gasteiger partial charge in [-0.1, -0.05) is 13.8 Å². The predicted octanol–water partition coefficient (Wildman–Crippen LogP) is 5.56. The summed E-state index contributed by atoms with van der Waals surface area (Å²) in [7, 11) is 0. The summed E-state index contributed by atoms with van der Waals surface area (Å²) in [5.41, 5.74) is 0.625. The summed E-state index contributed by atoms with van der Waals surface area (Å²) in [6.45, 7) is 14.7. The largest absolute Gasteiger partial charge is 0.312 e. The van der Waals surface area contributed by atoms with E-state index in [1.165, 1.54) is 33.5 Å². The van der Waals surface area contributed by atoms with E-state index in [2.05, 4.69) is 68.9 Å². The van der Waals surface area contributed by atoms with Crippen molar-refractivity contribution in [3.63, 3.8) is 0 Å². The van der Waals surface area contributed by atoms with E-state index in [4.69, 9.17) is 0 Å². The zero-order valence-corrected chi connectivity index (χ0v) is 15.6. The third-order valence-electron chi connectivity index (χ3n) is 3.37. The molecule has 0 fully saturated rings. The van der Waals surface area contributed by atoms with Crippen molar-refractivity contribution in [1.29, 1.82) is 0 Å². The van der Waals surface area contributed by atoms with E-state index in [1.807, 2.05) is 11.3 Å². The number of thiophene rings is 1. The highest BCUT2D eigenvalue weighted by atomic mass is 79.9. The quantitative estimate of drug-likeness (QED) is 0.711. The van der Waals surface area contributed by atoms with E-state index >= 15 is 0 Å². The van der Waals surface area contributed by atoms with Crippen LogP contribution in [0, 0.1) is 12.3 Å². The zero-order chi connectivity index (χ0) is 14.7. The van der Waals surface area contributed by atoms with Gasteiger partial charge >= 0.3 is 0 Å². The second-order valence-electron chi connectivity index (χ2n) is 7.22. The molecule has 0 radical (unpaired) electrons. The molecule has 19 heavy (non-hydrogen) atoms. The minimum Gasteiger partial charge on any atom is -0.312 e. The first-order chi connectivity index (χ1) is 8.59. The molecule has 0 saturated carbocycles. The zero-order valence-electron chi connectivity index (χ0n) is 13.2. The van der Waals surface area contributed by atoms with Gasteiger partial charge in [0.25, 0.3) is 0 Å². The van der Waals surface area contributed by atoms with Crippen LogP contribution in [0.5, 0.6) is 0 Å². The minimum absolute atomic E-state index is 0.226. The van der Waals surface area contributed by atoms with Crippen molar-refractivity contribution in [3.8, 4) is 0 Å². The van der Waals surface area contributed by atoms with Crippen LogP contribution in [0.4, 0.5) is 0 Å². The molecule has 1 aromatic rings. The lowest BCUT2D eigenvalue weighted by molar-refractivity contribution is 0.285. The summed E-state index contributed by atoms with van der Waals surface area (Å²) < 4.78 is 1.29. The van der Waals surface area contributed by atoms with Gasteiger partial charge in [0, 0.05) is 19.8 Å². The fourth-order valence-corrected chi connectivity index (χ4v) is 3.92. The molecular formula is C16H28BrNS. The van der Waals surface area contributed by atoms with Crippen molar-refractivity contribution in [3.05, 3.63) is 20.3 Å². The number of aryl methyl sites for hydroxylation is 2. The van der Waals surface area contributed by atoms with Crippen LogP contribution in [0.25, 0.3) is 0 Å². The Bertz CT molecular complexity index is 401. The molecule has 0 aliphatic carbocycles. The average molecular weight is 346 g/mol. The summed E-state index contributed by atoms with van der Waals surface area (Å²) in [5, 5.41) is 3.58. The molecular weight excluding hydrogens is 318 g/mol. The molecule has 0 amide bonds. The van der Waals surface area contributed by atoms with Crippen molar-refractivity contribution in [1.82, 2.24) is 5.32 Å². The maximum atomic E-state index is 3.66. The van der Waals surface area contributed by atoms with E-state index in [1.54, 1.807) is 0 Å². The summed E-state index contributed by atoms with van der Waals surface area (Å²) in [6.07, 6.45) is 3.66. The van der Waals surface area contributed by atoms with Gasteiger partial charge in [-0.25, -0.2) is 0 Å². The van der Waals surface area contributed by atoms with E-state index in [0.717, 1.165) is 6.54 Å². The Balaban J connectivity index is 2.40. The van der Waals surface area contributed by atoms with Crippen molar-refractivity contribution in [2.45, 2.75) is 66.3 Å². The monoisotopic (exact) mass is 345 g/mol. The third kappa shape index (κ3) is 6.92. The van der Waals surface area contributed by atoms with Gasteiger partial charge in [0.2, 0.25) is 0 Å². The van der Waals surface area contributed by atoms with Gasteiger partial charge < -0.3 is 5.32 Å². The topological polar surface area (TPSA) is 12.0 Å². The first-order valence-electron chi connectivity index (χ1n) is 7.09. The Labute approximate surface area is 131 Å². The number of hydrogen-bond acceptors (Lipinski definition) is 2. The maximum Gasteiger partial charge on any atom is 0.0317 e. The molecule has 1 rings (SSSR count). The SMILES string of the molecule is Cc1cc(Br)c(CCC(C)(C)CCNC(C)(C)C)s1. The van der Waals surface area contributed by atoms with E-state index in [-0.39, 0.29) is 5.54 Å². The summed E-state index contributed by atoms with van der Waals surface area (Å²) in [5.74, 6) is 0. The summed E-state index contributed by atoms with van der Waals surface area (Å²) >= 11 is 5.58. The molecule has 0 aromatic carbocycles. The smallest absolute Gasteiger partial charge is 0.0317 e. The van der Waals surface area contributed by atoms with Gasteiger partial charge in [-0.2, -0.15) is 0 Å². The van der Waals surface area contributed by atoms with Crippen LogP contribution in [0.15, 0.2) is 10.5 Å². The molecule has 1 N–H and O–H groups in total. The number of rotatable bonds is 6. The number of hydrogen-bond donors (Lipinski definition) is 1. The van der Waals surface area contributed by atoms with Crippen molar-refractivity contribution >= 4 is 27.3 Å². The molecule has 0 aliphatic heterocycles. The fraction of sp³-hybridized carbons (Fsp3) is 0.750. The second-order valence-corrected chi connectivity index (χ2v) is 9.41. The van der Waals surface area contributed by atoms with Crippen molar-refractivity contribution < 1.29 is 0 Å². The third-order valence-corrected chi connectivity index (χ3v) is 5.45. The minimum atomic E-state index is 0.226. The molecule has 110 valence electrons. The number of nitrogens with one attached hydrogen (secondary N) is 1. The molecule has 0 bridgehead atoms. The molecule has 3 heteroatoms. The predicted molar refractivity (Wildman–Crippen MR) is 91.2 cm³/mol. The van der Waals surface area contributed by atoms with Gasteiger partial charge in [-0.3, -0.25) is 0 Å². The second kappa shape index (κ2) is 6.73. The Morgan fingerprint density at radius 1 is 1.16 bits per heavy atom. The highest BCUT2D eigenvalue weighted by Crippen LogP contribution is 2.32. The normalized spacial score (nSPS) is 13.0. The molecule has 0 atom stereocenters. The first-order valence-corrected chi connectivity index (χ1v) is 8.70. The number of halogens is 1. The van der Waals surface area contributed by atoms with Crippen LogP contribution < -0.4 is 5.32 Å². The molecule has 1 aromatic heterocycles. The first kappa shape index (κ1) is 17.2. The lowest BCUT2D eigenvalue weighted by Crippen LogP contribution is -2.38. The molecule has 0 aliphatic rings. The highest BCUT2D eigenvalue weighted by Gasteiger charge is 2.20. The molecule has 0 saturated heterocycles. The molecule has 0 spiro atoms. The van der Waals surface area contributed by atoms with Gasteiger partial charge in [0.05, 0.1) is 0 Å². The van der Waals surface area contributed by atoms with Crippen LogP contribution in [-0.4, -0.2) is 12.1 Å². The van der Waals surface area contributed by atoms with Gasteiger partial charge in [-0.05, 0) is 80.9 Å². The van der Waals surface area contributed by atoms with Crippen LogP contribution >= 0.6 is 27.3 Å². The maximum absolute atomic E-state index is 3.66. The lowest BCUT2D eigenvalue weighted by Gasteiger charge is -2.28. The molecule has 1 nitrogen and oxygen atoms in total. The van der Waals surface area contributed by atoms with E-state index < -0.39 is 0 Å².